The van der Waals surface area contributed by atoms with Crippen LogP contribution in [0.25, 0.3) is 27.4 Å². The summed E-state index contributed by atoms with van der Waals surface area (Å²) < 4.78 is 2.04. The quantitative estimate of drug-likeness (QED) is 0.616. The first-order valence-corrected chi connectivity index (χ1v) is 7.49. The van der Waals surface area contributed by atoms with Gasteiger partial charge in [0.25, 0.3) is 0 Å². The van der Waals surface area contributed by atoms with Gasteiger partial charge in [-0.2, -0.15) is 5.10 Å². The van der Waals surface area contributed by atoms with Crippen LogP contribution in [0, 0.1) is 0 Å². The summed E-state index contributed by atoms with van der Waals surface area (Å²) in [5.74, 6) is 2.63. The molecular weight excluding hydrogens is 274 g/mol. The van der Waals surface area contributed by atoms with Crippen LogP contribution < -0.4 is 5.35 Å². The van der Waals surface area contributed by atoms with Crippen LogP contribution in [0.1, 0.15) is 24.5 Å². The monoisotopic (exact) mass is 287 g/mol. The fourth-order valence-electron chi connectivity index (χ4n) is 3.37. The van der Waals surface area contributed by atoms with Crippen LogP contribution in [0.15, 0.2) is 42.6 Å². The molecule has 22 heavy (non-hydrogen) atoms. The first-order valence-electron chi connectivity index (χ1n) is 7.49. The minimum Gasteiger partial charge on any atom is -0.345 e. The Morgan fingerprint density at radius 2 is 2.00 bits per heavy atom. The molecule has 0 bridgehead atoms. The molecule has 1 fully saturated rings. The second kappa shape index (κ2) is 4.09. The molecule has 2 aromatic heterocycles. The Kier molecular flexibility index (Phi) is 2.19. The standard InChI is InChI=1S/C18H13N3O/c22-10-15-12-2-1-3-13-17(7-6-14(20-15)18(12)13)21-16(8-9-19-21)11-4-5-11/h1-3,6-9,11,20H,4-5H2. The van der Waals surface area contributed by atoms with E-state index >= 15 is 0 Å². The minimum absolute atomic E-state index is 0.514. The summed E-state index contributed by atoms with van der Waals surface area (Å²) in [6, 6.07) is 12.2. The third-order valence-electron chi connectivity index (χ3n) is 4.54. The third kappa shape index (κ3) is 1.47. The van der Waals surface area contributed by atoms with Crippen molar-refractivity contribution in [1.82, 2.24) is 14.8 Å². The van der Waals surface area contributed by atoms with Gasteiger partial charge in [0, 0.05) is 39.5 Å². The topological polar surface area (TPSA) is 50.7 Å². The second-order valence-electron chi connectivity index (χ2n) is 5.90. The van der Waals surface area contributed by atoms with E-state index in [1.54, 1.807) is 0 Å². The summed E-state index contributed by atoms with van der Waals surface area (Å²) in [4.78, 5) is 14.3. The van der Waals surface area contributed by atoms with Gasteiger partial charge in [-0.3, -0.25) is 0 Å². The average Bonchev–Trinajstić information content (AvgIpc) is 3.17. The highest BCUT2D eigenvalue weighted by molar-refractivity contribution is 6.13. The number of rotatable bonds is 2. The zero-order valence-electron chi connectivity index (χ0n) is 11.8. The van der Waals surface area contributed by atoms with Crippen molar-refractivity contribution < 1.29 is 4.79 Å². The van der Waals surface area contributed by atoms with Crippen molar-refractivity contribution in [3.63, 3.8) is 0 Å². The van der Waals surface area contributed by atoms with Gasteiger partial charge in [-0.15, -0.1) is 0 Å². The molecule has 2 aromatic carbocycles. The van der Waals surface area contributed by atoms with Crippen LogP contribution in [-0.2, 0) is 4.79 Å². The van der Waals surface area contributed by atoms with Crippen LogP contribution in [0.4, 0.5) is 0 Å². The van der Waals surface area contributed by atoms with E-state index in [1.807, 2.05) is 35.0 Å². The van der Waals surface area contributed by atoms with Gasteiger partial charge < -0.3 is 4.98 Å². The van der Waals surface area contributed by atoms with Crippen LogP contribution in [0.5, 0.6) is 0 Å². The van der Waals surface area contributed by atoms with Gasteiger partial charge >= 0.3 is 0 Å². The van der Waals surface area contributed by atoms with Crippen LogP contribution >= 0.6 is 0 Å². The molecule has 0 atom stereocenters. The predicted octanol–water partition coefficient (Wildman–Crippen LogP) is 2.61. The maximum absolute atomic E-state index is 11.1. The van der Waals surface area contributed by atoms with E-state index in [-0.39, 0.29) is 0 Å². The van der Waals surface area contributed by atoms with Crippen molar-refractivity contribution in [3.8, 4) is 5.69 Å². The summed E-state index contributed by atoms with van der Waals surface area (Å²) in [7, 11) is 0. The van der Waals surface area contributed by atoms with Gasteiger partial charge in [0.1, 0.15) is 5.35 Å². The van der Waals surface area contributed by atoms with Crippen molar-refractivity contribution >= 4 is 27.6 Å². The number of nitrogens with zero attached hydrogens (tertiary/aromatic N) is 2. The summed E-state index contributed by atoms with van der Waals surface area (Å²) in [5, 5.41) is 8.15. The van der Waals surface area contributed by atoms with Crippen LogP contribution in [0.3, 0.4) is 0 Å². The van der Waals surface area contributed by atoms with E-state index in [0.717, 1.165) is 27.4 Å². The van der Waals surface area contributed by atoms with Gasteiger partial charge in [-0.05, 0) is 31.0 Å². The number of nitrogens with one attached hydrogen (secondary N) is 1. The molecule has 1 aliphatic carbocycles. The first kappa shape index (κ1) is 11.8. The molecule has 1 N–H and O–H groups in total. The molecule has 0 spiro atoms. The number of aromatic amines is 1. The molecule has 0 unspecified atom stereocenters. The lowest BCUT2D eigenvalue weighted by Gasteiger charge is -2.10. The smallest absolute Gasteiger partial charge is 0.151 e. The lowest BCUT2D eigenvalue weighted by atomic mass is 10.1. The van der Waals surface area contributed by atoms with Gasteiger partial charge in [0.2, 0.25) is 0 Å². The second-order valence-corrected chi connectivity index (χ2v) is 5.90. The zero-order chi connectivity index (χ0) is 14.7. The predicted molar refractivity (Wildman–Crippen MR) is 84.9 cm³/mol. The average molecular weight is 287 g/mol. The minimum atomic E-state index is 0.514. The largest absolute Gasteiger partial charge is 0.345 e. The maximum atomic E-state index is 11.1. The number of aromatic nitrogens is 3. The van der Waals surface area contributed by atoms with Crippen molar-refractivity contribution in [3.05, 3.63) is 53.6 Å². The first-order chi connectivity index (χ1) is 10.9. The Balaban J connectivity index is 1.91. The normalized spacial score (nSPS) is 14.7. The highest BCUT2D eigenvalue weighted by Crippen LogP contribution is 2.41. The molecule has 0 aliphatic heterocycles. The SMILES string of the molecule is O=C=c1[nH]c2ccc(-n3nccc3C3CC3)c3cccc1c23. The Morgan fingerprint density at radius 3 is 2.82 bits per heavy atom. The molecule has 4 nitrogen and oxygen atoms in total. The van der Waals surface area contributed by atoms with Gasteiger partial charge in [0.05, 0.1) is 5.69 Å². The summed E-state index contributed by atoms with van der Waals surface area (Å²) >= 11 is 0. The molecule has 1 aliphatic rings. The number of hydrogen-bond donors (Lipinski definition) is 1. The van der Waals surface area contributed by atoms with Gasteiger partial charge in [0.15, 0.2) is 5.94 Å². The molecule has 2 heterocycles. The Morgan fingerprint density at radius 1 is 1.14 bits per heavy atom. The zero-order valence-corrected chi connectivity index (χ0v) is 11.8. The highest BCUT2D eigenvalue weighted by Gasteiger charge is 2.27. The number of hydrogen-bond acceptors (Lipinski definition) is 2. The molecule has 5 rings (SSSR count). The highest BCUT2D eigenvalue weighted by atomic mass is 16.1. The Labute approximate surface area is 126 Å². The molecule has 4 aromatic rings. The fourth-order valence-corrected chi connectivity index (χ4v) is 3.37. The number of H-pyrrole nitrogens is 1. The number of benzene rings is 2. The van der Waals surface area contributed by atoms with Crippen LogP contribution in [-0.4, -0.2) is 20.7 Å². The van der Waals surface area contributed by atoms with Crippen LogP contribution in [0.2, 0.25) is 0 Å². The van der Waals surface area contributed by atoms with Gasteiger partial charge in [-0.25, -0.2) is 9.48 Å². The maximum Gasteiger partial charge on any atom is 0.151 e. The summed E-state index contributed by atoms with van der Waals surface area (Å²) in [5.41, 5.74) is 3.31. The van der Waals surface area contributed by atoms with E-state index < -0.39 is 0 Å². The third-order valence-corrected chi connectivity index (χ3v) is 4.54. The summed E-state index contributed by atoms with van der Waals surface area (Å²) in [6.45, 7) is 0. The van der Waals surface area contributed by atoms with Crippen molar-refractivity contribution in [2.45, 2.75) is 18.8 Å². The van der Waals surface area contributed by atoms with E-state index in [4.69, 9.17) is 0 Å². The van der Waals surface area contributed by atoms with E-state index in [9.17, 15) is 4.79 Å². The molecule has 0 radical (unpaired) electrons. The van der Waals surface area contributed by atoms with Crippen molar-refractivity contribution in [2.75, 3.05) is 0 Å². The lowest BCUT2D eigenvalue weighted by Crippen LogP contribution is -2.02. The van der Waals surface area contributed by atoms with E-state index in [1.165, 1.54) is 18.5 Å². The molecular formula is C18H13N3O. The molecule has 0 amide bonds. The lowest BCUT2D eigenvalue weighted by molar-refractivity contribution is 0.567. The Hall–Kier alpha value is -2.84. The van der Waals surface area contributed by atoms with E-state index in [0.29, 0.717) is 11.3 Å². The molecule has 106 valence electrons. The Bertz CT molecular complexity index is 1090. The molecule has 1 saturated carbocycles. The fraction of sp³-hybridized carbons (Fsp3) is 0.167. The van der Waals surface area contributed by atoms with Gasteiger partial charge in [-0.1, -0.05) is 18.2 Å². The van der Waals surface area contributed by atoms with E-state index in [2.05, 4.69) is 28.3 Å². The van der Waals surface area contributed by atoms with Crippen molar-refractivity contribution in [2.24, 2.45) is 0 Å². The van der Waals surface area contributed by atoms with Crippen molar-refractivity contribution in [1.29, 1.82) is 0 Å². The summed E-state index contributed by atoms with van der Waals surface area (Å²) in [6.07, 6.45) is 4.35. The number of carbonyl (C=O) groups excluding carboxylic acids is 1. The molecule has 0 saturated heterocycles. The molecule has 4 heteroatoms.